The van der Waals surface area contributed by atoms with Crippen molar-refractivity contribution in [2.75, 3.05) is 13.1 Å². The van der Waals surface area contributed by atoms with Gasteiger partial charge in [0.2, 0.25) is 5.91 Å². The van der Waals surface area contributed by atoms with E-state index in [1.54, 1.807) is 29.3 Å². The number of benzene rings is 2. The lowest BCUT2D eigenvalue weighted by Gasteiger charge is -2.31. The quantitative estimate of drug-likeness (QED) is 0.504. The van der Waals surface area contributed by atoms with Crippen molar-refractivity contribution in [3.05, 3.63) is 68.1 Å². The summed E-state index contributed by atoms with van der Waals surface area (Å²) < 4.78 is 0.945. The smallest absolute Gasteiger partial charge is 0.255 e. The molecule has 0 spiro atoms. The van der Waals surface area contributed by atoms with Gasteiger partial charge in [-0.1, -0.05) is 51.3 Å². The summed E-state index contributed by atoms with van der Waals surface area (Å²) in [6, 6.07) is 12.4. The molecular formula is C20H18BrCl2N3O2. The molecule has 0 aliphatic carbocycles. The number of amides is 2. The minimum Gasteiger partial charge on any atom is -0.339 e. The van der Waals surface area contributed by atoms with Crippen LogP contribution in [0.2, 0.25) is 10.0 Å². The number of carbonyl (C=O) groups excluding carboxylic acids is 2. The first-order valence-electron chi connectivity index (χ1n) is 8.77. The summed E-state index contributed by atoms with van der Waals surface area (Å²) in [4.78, 5) is 26.7. The SMILES string of the molecule is O=C(N/N=C\c1cccc(Br)c1)C1CCN(C(=O)c2ccc(Cl)cc2Cl)CC1. The standard InChI is InChI=1S/C20H18BrCl2N3O2/c21-15-3-1-2-13(10-15)12-24-25-19(27)14-6-8-26(9-7-14)20(28)17-5-4-16(22)11-18(17)23/h1-5,10-12,14H,6-9H2,(H,25,27)/b24-12-. The van der Waals surface area contributed by atoms with Crippen LogP contribution in [0, 0.1) is 5.92 Å². The highest BCUT2D eigenvalue weighted by atomic mass is 79.9. The maximum Gasteiger partial charge on any atom is 0.255 e. The molecule has 2 amide bonds. The first-order valence-corrected chi connectivity index (χ1v) is 10.3. The predicted molar refractivity (Wildman–Crippen MR) is 115 cm³/mol. The van der Waals surface area contributed by atoms with E-state index in [2.05, 4.69) is 26.5 Å². The van der Waals surface area contributed by atoms with E-state index in [0.29, 0.717) is 41.5 Å². The van der Waals surface area contributed by atoms with Crippen molar-refractivity contribution in [3.63, 3.8) is 0 Å². The van der Waals surface area contributed by atoms with Crippen LogP contribution >= 0.6 is 39.1 Å². The molecule has 1 aliphatic heterocycles. The number of nitrogens with zero attached hydrogens (tertiary/aromatic N) is 2. The average molecular weight is 483 g/mol. The minimum atomic E-state index is -0.176. The molecule has 1 heterocycles. The molecule has 1 fully saturated rings. The summed E-state index contributed by atoms with van der Waals surface area (Å²) >= 11 is 15.4. The number of hydrogen-bond acceptors (Lipinski definition) is 3. The fourth-order valence-corrected chi connectivity index (χ4v) is 3.93. The number of rotatable bonds is 4. The van der Waals surface area contributed by atoms with E-state index in [1.807, 2.05) is 24.3 Å². The Morgan fingerprint density at radius 3 is 2.57 bits per heavy atom. The van der Waals surface area contributed by atoms with Gasteiger partial charge in [-0.3, -0.25) is 9.59 Å². The lowest BCUT2D eigenvalue weighted by molar-refractivity contribution is -0.126. The Kier molecular flexibility index (Phi) is 7.10. The lowest BCUT2D eigenvalue weighted by atomic mass is 9.95. The van der Waals surface area contributed by atoms with Gasteiger partial charge in [0.05, 0.1) is 16.8 Å². The van der Waals surface area contributed by atoms with Crippen molar-refractivity contribution in [1.29, 1.82) is 0 Å². The zero-order valence-electron chi connectivity index (χ0n) is 14.9. The third-order valence-corrected chi connectivity index (χ3v) is 5.59. The highest BCUT2D eigenvalue weighted by Gasteiger charge is 2.28. The second-order valence-electron chi connectivity index (χ2n) is 6.48. The fraction of sp³-hybridized carbons (Fsp3) is 0.250. The summed E-state index contributed by atoms with van der Waals surface area (Å²) in [6.07, 6.45) is 2.76. The molecular weight excluding hydrogens is 465 g/mol. The van der Waals surface area contributed by atoms with Crippen LogP contribution in [0.3, 0.4) is 0 Å². The third-order valence-electron chi connectivity index (χ3n) is 4.55. The zero-order chi connectivity index (χ0) is 20.1. The first kappa shape index (κ1) is 20.8. The van der Waals surface area contributed by atoms with E-state index < -0.39 is 0 Å². The third kappa shape index (κ3) is 5.34. The normalized spacial score (nSPS) is 15.0. The average Bonchev–Trinajstić information content (AvgIpc) is 2.67. The number of carbonyl (C=O) groups is 2. The van der Waals surface area contributed by atoms with Gasteiger partial charge in [-0.2, -0.15) is 5.10 Å². The molecule has 1 N–H and O–H groups in total. The Bertz CT molecular complexity index is 912. The summed E-state index contributed by atoms with van der Waals surface area (Å²) in [6.45, 7) is 0.983. The van der Waals surface area contributed by atoms with Crippen molar-refractivity contribution >= 4 is 57.2 Å². The van der Waals surface area contributed by atoms with Crippen molar-refractivity contribution in [1.82, 2.24) is 10.3 Å². The molecule has 5 nitrogen and oxygen atoms in total. The van der Waals surface area contributed by atoms with E-state index in [-0.39, 0.29) is 17.7 Å². The van der Waals surface area contributed by atoms with Gasteiger partial charge in [0.15, 0.2) is 0 Å². The van der Waals surface area contributed by atoms with Gasteiger partial charge in [-0.05, 0) is 48.7 Å². The fourth-order valence-electron chi connectivity index (χ4n) is 3.03. The largest absolute Gasteiger partial charge is 0.339 e. The molecule has 2 aromatic rings. The number of hydrazone groups is 1. The molecule has 0 bridgehead atoms. The molecule has 8 heteroatoms. The lowest BCUT2D eigenvalue weighted by Crippen LogP contribution is -2.42. The Labute approximate surface area is 181 Å². The molecule has 0 aromatic heterocycles. The second-order valence-corrected chi connectivity index (χ2v) is 8.24. The molecule has 1 aliphatic rings. The van der Waals surface area contributed by atoms with Crippen LogP contribution in [0.1, 0.15) is 28.8 Å². The van der Waals surface area contributed by atoms with Crippen LogP contribution in [0.15, 0.2) is 52.0 Å². The van der Waals surface area contributed by atoms with Crippen molar-refractivity contribution in [2.24, 2.45) is 11.0 Å². The van der Waals surface area contributed by atoms with Crippen molar-refractivity contribution in [2.45, 2.75) is 12.8 Å². The Balaban J connectivity index is 1.51. The molecule has 2 aromatic carbocycles. The van der Waals surface area contributed by atoms with Gasteiger partial charge in [-0.15, -0.1) is 0 Å². The number of nitrogens with one attached hydrogen (secondary N) is 1. The molecule has 28 heavy (non-hydrogen) atoms. The molecule has 0 radical (unpaired) electrons. The maximum absolute atomic E-state index is 12.6. The molecule has 0 atom stereocenters. The highest BCUT2D eigenvalue weighted by Crippen LogP contribution is 2.25. The van der Waals surface area contributed by atoms with Gasteiger partial charge in [0, 0.05) is 28.5 Å². The number of hydrogen-bond donors (Lipinski definition) is 1. The summed E-state index contributed by atoms with van der Waals surface area (Å²) in [7, 11) is 0. The van der Waals surface area contributed by atoms with Gasteiger partial charge < -0.3 is 4.90 Å². The van der Waals surface area contributed by atoms with E-state index in [1.165, 1.54) is 0 Å². The number of likely N-dealkylation sites (tertiary alicyclic amines) is 1. The first-order chi connectivity index (χ1) is 13.4. The van der Waals surface area contributed by atoms with Gasteiger partial charge in [0.1, 0.15) is 0 Å². The van der Waals surface area contributed by atoms with Crippen LogP contribution in [0.5, 0.6) is 0 Å². The molecule has 1 saturated heterocycles. The van der Waals surface area contributed by atoms with E-state index in [9.17, 15) is 9.59 Å². The Morgan fingerprint density at radius 1 is 1.14 bits per heavy atom. The van der Waals surface area contributed by atoms with E-state index in [0.717, 1.165) is 10.0 Å². The van der Waals surface area contributed by atoms with Crippen LogP contribution in [-0.2, 0) is 4.79 Å². The molecule has 0 saturated carbocycles. The van der Waals surface area contributed by atoms with E-state index in [4.69, 9.17) is 23.2 Å². The van der Waals surface area contributed by atoms with Crippen LogP contribution in [0.25, 0.3) is 0 Å². The summed E-state index contributed by atoms with van der Waals surface area (Å²) in [5, 5.41) is 4.84. The number of piperidine rings is 1. The van der Waals surface area contributed by atoms with Gasteiger partial charge in [0.25, 0.3) is 5.91 Å². The van der Waals surface area contributed by atoms with Gasteiger partial charge in [-0.25, -0.2) is 5.43 Å². The van der Waals surface area contributed by atoms with Crippen LogP contribution in [0.4, 0.5) is 0 Å². The molecule has 146 valence electrons. The predicted octanol–water partition coefficient (Wildman–Crippen LogP) is 4.76. The van der Waals surface area contributed by atoms with Gasteiger partial charge >= 0.3 is 0 Å². The van der Waals surface area contributed by atoms with Crippen molar-refractivity contribution < 1.29 is 9.59 Å². The minimum absolute atomic E-state index is 0.136. The highest BCUT2D eigenvalue weighted by molar-refractivity contribution is 9.10. The van der Waals surface area contributed by atoms with Crippen LogP contribution in [-0.4, -0.2) is 36.0 Å². The number of halogens is 3. The maximum atomic E-state index is 12.6. The molecule has 3 rings (SSSR count). The topological polar surface area (TPSA) is 61.8 Å². The van der Waals surface area contributed by atoms with Crippen LogP contribution < -0.4 is 5.43 Å². The Morgan fingerprint density at radius 2 is 1.89 bits per heavy atom. The van der Waals surface area contributed by atoms with E-state index >= 15 is 0 Å². The monoisotopic (exact) mass is 481 g/mol. The molecule has 0 unspecified atom stereocenters. The summed E-state index contributed by atoms with van der Waals surface area (Å²) in [5.41, 5.74) is 3.90. The summed E-state index contributed by atoms with van der Waals surface area (Å²) in [5.74, 6) is -0.458. The van der Waals surface area contributed by atoms with Crippen molar-refractivity contribution in [3.8, 4) is 0 Å². The Hall–Kier alpha value is -1.89. The second kappa shape index (κ2) is 9.54. The zero-order valence-corrected chi connectivity index (χ0v) is 18.0.